The summed E-state index contributed by atoms with van der Waals surface area (Å²) in [6.45, 7) is 9.49. The predicted octanol–water partition coefficient (Wildman–Crippen LogP) is 29.5. The molecule has 0 heteroatoms. The van der Waals surface area contributed by atoms with Gasteiger partial charge >= 0.3 is 0 Å². The van der Waals surface area contributed by atoms with Crippen LogP contribution in [0.1, 0.15) is 49.9 Å². The van der Waals surface area contributed by atoms with Gasteiger partial charge in [-0.2, -0.15) is 0 Å². The Labute approximate surface area is 617 Å². The summed E-state index contributed by atoms with van der Waals surface area (Å²) in [5.74, 6) is 0. The van der Waals surface area contributed by atoms with Crippen molar-refractivity contribution in [3.8, 4) is 89.0 Å². The van der Waals surface area contributed by atoms with Crippen LogP contribution in [0.15, 0.2) is 364 Å². The summed E-state index contributed by atoms with van der Waals surface area (Å²) >= 11 is 0. The van der Waals surface area contributed by atoms with Gasteiger partial charge < -0.3 is 0 Å². The van der Waals surface area contributed by atoms with Crippen LogP contribution in [0.2, 0.25) is 0 Å². The largest absolute Gasteiger partial charge is 0.0616 e. The van der Waals surface area contributed by atoms with E-state index in [4.69, 9.17) is 0 Å². The minimum Gasteiger partial charge on any atom is -0.0616 e. The average molecular weight is 1350 g/mol. The van der Waals surface area contributed by atoms with E-state index in [1.807, 2.05) is 0 Å². The highest BCUT2D eigenvalue weighted by atomic mass is 14.4. The van der Waals surface area contributed by atoms with Gasteiger partial charge in [0, 0.05) is 10.8 Å². The lowest BCUT2D eigenvalue weighted by molar-refractivity contribution is 0.662. The molecule has 2 aliphatic carbocycles. The molecule has 20 aromatic rings. The Morgan fingerprint density at radius 2 is 0.387 bits per heavy atom. The van der Waals surface area contributed by atoms with Gasteiger partial charge in [0.05, 0.1) is 0 Å². The second kappa shape index (κ2) is 23.8. The second-order valence-electron chi connectivity index (χ2n) is 30.8. The van der Waals surface area contributed by atoms with E-state index in [9.17, 15) is 0 Å². The fraction of sp³-hybridized carbons (Fsp3) is 0.0566. The molecule has 0 saturated carbocycles. The van der Waals surface area contributed by atoms with E-state index in [0.29, 0.717) is 0 Å². The van der Waals surface area contributed by atoms with Crippen molar-refractivity contribution in [2.45, 2.75) is 38.5 Å². The van der Waals surface area contributed by atoms with Gasteiger partial charge in [0.25, 0.3) is 0 Å². The zero-order valence-electron chi connectivity index (χ0n) is 59.6. The third-order valence-corrected chi connectivity index (χ3v) is 23.9. The van der Waals surface area contributed by atoms with Crippen molar-refractivity contribution < 1.29 is 0 Å². The van der Waals surface area contributed by atoms with Crippen LogP contribution in [0, 0.1) is 0 Å². The molecular weight excluding hydrogens is 1270 g/mol. The Balaban J connectivity index is 0.000000138. The second-order valence-corrected chi connectivity index (χ2v) is 30.8. The van der Waals surface area contributed by atoms with Crippen molar-refractivity contribution in [1.29, 1.82) is 0 Å². The zero-order chi connectivity index (χ0) is 70.5. The summed E-state index contributed by atoms with van der Waals surface area (Å²) in [5.41, 5.74) is 25.9. The van der Waals surface area contributed by atoms with Crippen LogP contribution in [0.5, 0.6) is 0 Å². The average Bonchev–Trinajstić information content (AvgIpc) is 1.48. The molecule has 0 nitrogen and oxygen atoms in total. The quantitative estimate of drug-likeness (QED) is 0.146. The smallest absolute Gasteiger partial charge is 0.0159 e. The van der Waals surface area contributed by atoms with E-state index >= 15 is 0 Å². The summed E-state index contributed by atoms with van der Waals surface area (Å²) in [4.78, 5) is 0. The molecule has 0 fully saturated rings. The van der Waals surface area contributed by atoms with E-state index in [0.717, 1.165) is 0 Å². The van der Waals surface area contributed by atoms with E-state index in [1.54, 1.807) is 0 Å². The Kier molecular flexibility index (Phi) is 13.8. The number of rotatable bonds is 6. The summed E-state index contributed by atoms with van der Waals surface area (Å²) < 4.78 is 0. The minimum atomic E-state index is -0.0505. The van der Waals surface area contributed by atoms with Crippen LogP contribution in [0.4, 0.5) is 0 Å². The molecule has 22 rings (SSSR count). The molecule has 0 saturated heterocycles. The molecule has 0 unspecified atom stereocenters. The molecule has 0 amide bonds. The monoisotopic (exact) mass is 1340 g/mol. The third kappa shape index (κ3) is 10.1. The van der Waals surface area contributed by atoms with Gasteiger partial charge in [-0.3, -0.25) is 0 Å². The van der Waals surface area contributed by atoms with Gasteiger partial charge in [0.2, 0.25) is 0 Å². The molecule has 2 aliphatic rings. The van der Waals surface area contributed by atoms with E-state index in [2.05, 4.69) is 392 Å². The minimum absolute atomic E-state index is 0.0438. The first-order chi connectivity index (χ1) is 51.9. The molecule has 0 atom stereocenters. The first kappa shape index (κ1) is 61.6. The Morgan fingerprint density at radius 3 is 0.830 bits per heavy atom. The van der Waals surface area contributed by atoms with Crippen molar-refractivity contribution in [2.24, 2.45) is 0 Å². The van der Waals surface area contributed by atoms with Crippen LogP contribution in [-0.4, -0.2) is 0 Å². The Hall–Kier alpha value is -13.0. The van der Waals surface area contributed by atoms with Crippen LogP contribution in [0.25, 0.3) is 197 Å². The number of fused-ring (bicyclic) bond motifs is 18. The first-order valence-corrected chi connectivity index (χ1v) is 37.3. The maximum absolute atomic E-state index is 2.44. The van der Waals surface area contributed by atoms with Crippen molar-refractivity contribution in [2.75, 3.05) is 0 Å². The Bertz CT molecular complexity index is 7130. The molecule has 0 spiro atoms. The van der Waals surface area contributed by atoms with Crippen molar-refractivity contribution in [3.63, 3.8) is 0 Å². The van der Waals surface area contributed by atoms with Crippen molar-refractivity contribution >= 4 is 108 Å². The summed E-state index contributed by atoms with van der Waals surface area (Å²) in [5, 5.41) is 25.7. The van der Waals surface area contributed by atoms with Gasteiger partial charge in [0.15, 0.2) is 0 Å². The standard InChI is InChI=1S/C57H38.C49H34/c1-57(2)54-33-39-12-4-3-11-38(39)30-52(54)53-32-47-29-43(21-22-44(47)34-55(53)57)37-14-9-13-36(26-37)40-19-20-42-28-45(24-23-41(42)27-40)51-31-46-25-18-35-10-5-6-15-48(35)56(46)50-17-8-7-16-49(50)51;1-49(2)47-29-36-11-6-5-10-35(36)27-45(47)46-28-43-21-20-42(26-44(43)30-48(46)49)34-13-7-12-33(23-34)37-16-17-41-25-40(19-18-39(41)24-37)38-15-14-31-8-3-4-9-32(31)22-38/h3-34H,1-2H3;3-30H,1-2H3. The molecule has 496 valence electrons. The SMILES string of the molecule is CC1(C)c2cc3ccccc3cc2-c2cc3cc(-c4cccc(-c5ccc6cc(-c7cc8ccc9ccccc9c8c8ccccc78)ccc6c5)c4)ccc3cc21.CC1(C)c2cc3ccccc3cc2-c2cc3ccc(-c4cccc(-c5ccc6cc(-c7ccc8ccccc8c7)ccc6c5)c4)cc3cc21. The summed E-state index contributed by atoms with van der Waals surface area (Å²) in [7, 11) is 0. The fourth-order valence-electron chi connectivity index (χ4n) is 18.1. The van der Waals surface area contributed by atoms with Crippen LogP contribution >= 0.6 is 0 Å². The number of hydrogen-bond donors (Lipinski definition) is 0. The molecule has 0 N–H and O–H groups in total. The van der Waals surface area contributed by atoms with E-state index in [1.165, 1.54) is 219 Å². The van der Waals surface area contributed by atoms with Crippen molar-refractivity contribution in [1.82, 2.24) is 0 Å². The van der Waals surface area contributed by atoms with Gasteiger partial charge in [0.1, 0.15) is 0 Å². The molecule has 20 aromatic carbocycles. The predicted molar refractivity (Wildman–Crippen MR) is 456 cm³/mol. The number of hydrogen-bond acceptors (Lipinski definition) is 0. The summed E-state index contributed by atoms with van der Waals surface area (Å²) in [6, 6.07) is 136. The third-order valence-electron chi connectivity index (χ3n) is 23.9. The van der Waals surface area contributed by atoms with Gasteiger partial charge in [-0.1, -0.05) is 282 Å². The molecule has 0 aromatic heterocycles. The van der Waals surface area contributed by atoms with Crippen LogP contribution in [0.3, 0.4) is 0 Å². The topological polar surface area (TPSA) is 0 Å². The normalized spacial score (nSPS) is 13.2. The van der Waals surface area contributed by atoms with Crippen LogP contribution < -0.4 is 0 Å². The highest BCUT2D eigenvalue weighted by molar-refractivity contribution is 6.23. The molecule has 0 radical (unpaired) electrons. The van der Waals surface area contributed by atoms with E-state index in [-0.39, 0.29) is 10.8 Å². The molecule has 0 heterocycles. The first-order valence-electron chi connectivity index (χ1n) is 37.3. The maximum atomic E-state index is 2.44. The van der Waals surface area contributed by atoms with Gasteiger partial charge in [-0.15, -0.1) is 0 Å². The number of benzene rings is 20. The van der Waals surface area contributed by atoms with Gasteiger partial charge in [-0.25, -0.2) is 0 Å². The van der Waals surface area contributed by atoms with Crippen molar-refractivity contribution in [3.05, 3.63) is 386 Å². The molecule has 0 bridgehead atoms. The highest BCUT2D eigenvalue weighted by Gasteiger charge is 2.38. The van der Waals surface area contributed by atoms with E-state index < -0.39 is 0 Å². The summed E-state index contributed by atoms with van der Waals surface area (Å²) in [6.07, 6.45) is 0. The van der Waals surface area contributed by atoms with Gasteiger partial charge in [-0.05, 0) is 328 Å². The van der Waals surface area contributed by atoms with Crippen LogP contribution in [-0.2, 0) is 10.8 Å². The highest BCUT2D eigenvalue weighted by Crippen LogP contribution is 2.54. The maximum Gasteiger partial charge on any atom is 0.0159 e. The lowest BCUT2D eigenvalue weighted by atomic mass is 9.81. The lowest BCUT2D eigenvalue weighted by Gasteiger charge is -2.22. The molecule has 106 heavy (non-hydrogen) atoms. The zero-order valence-corrected chi connectivity index (χ0v) is 59.6. The fourth-order valence-corrected chi connectivity index (χ4v) is 18.1. The molecule has 0 aliphatic heterocycles. The Morgan fingerprint density at radius 1 is 0.142 bits per heavy atom. The lowest BCUT2D eigenvalue weighted by Crippen LogP contribution is -2.14. The molecular formula is C106H72.